The third kappa shape index (κ3) is 4.31. The van der Waals surface area contributed by atoms with E-state index in [1.165, 1.54) is 12.8 Å². The quantitative estimate of drug-likeness (QED) is 0.833. The smallest absolute Gasteiger partial charge is 0.257 e. The number of benzene rings is 1. The Morgan fingerprint density at radius 2 is 1.86 bits per heavy atom. The van der Waals surface area contributed by atoms with Crippen LogP contribution in [-0.4, -0.2) is 54.0 Å². The summed E-state index contributed by atoms with van der Waals surface area (Å²) in [4.78, 5) is 31.4. The Hall–Kier alpha value is -2.93. The number of amides is 2. The Morgan fingerprint density at radius 3 is 2.54 bits per heavy atom. The molecule has 2 amide bonds. The summed E-state index contributed by atoms with van der Waals surface area (Å²) in [5.74, 6) is 0.494. The number of aromatic nitrogens is 1. The zero-order valence-corrected chi connectivity index (χ0v) is 15.9. The molecule has 2 aliphatic rings. The number of anilines is 2. The second-order valence-corrected chi connectivity index (χ2v) is 7.24. The summed E-state index contributed by atoms with van der Waals surface area (Å²) >= 11 is 0. The van der Waals surface area contributed by atoms with Crippen molar-refractivity contribution in [3.05, 3.63) is 53.2 Å². The van der Waals surface area contributed by atoms with Gasteiger partial charge in [-0.2, -0.15) is 0 Å². The van der Waals surface area contributed by atoms with E-state index in [-0.39, 0.29) is 11.8 Å². The number of hydrogen-bond donors (Lipinski definition) is 2. The number of pyridine rings is 1. The van der Waals surface area contributed by atoms with Crippen LogP contribution in [0.1, 0.15) is 39.1 Å². The van der Waals surface area contributed by atoms with Gasteiger partial charge in [0, 0.05) is 36.6 Å². The van der Waals surface area contributed by atoms with Crippen LogP contribution in [-0.2, 0) is 4.74 Å². The average molecular weight is 380 g/mol. The number of aryl methyl sites for hydroxylation is 1. The van der Waals surface area contributed by atoms with E-state index in [9.17, 15) is 9.59 Å². The molecule has 4 rings (SSSR count). The topological polar surface area (TPSA) is 83.6 Å². The molecule has 1 saturated heterocycles. The monoisotopic (exact) mass is 380 g/mol. The van der Waals surface area contributed by atoms with Gasteiger partial charge in [0.2, 0.25) is 0 Å². The molecular weight excluding hydrogens is 356 g/mol. The third-order valence-electron chi connectivity index (χ3n) is 4.99. The van der Waals surface area contributed by atoms with Crippen molar-refractivity contribution in [3.63, 3.8) is 0 Å². The fraction of sp³-hybridized carbons (Fsp3) is 0.381. The van der Waals surface area contributed by atoms with Crippen LogP contribution in [0.25, 0.3) is 0 Å². The Morgan fingerprint density at radius 1 is 1.11 bits per heavy atom. The van der Waals surface area contributed by atoms with Crippen molar-refractivity contribution in [1.82, 2.24) is 9.88 Å². The SMILES string of the molecule is Cc1ccc(C(=O)N2CCOCC2)cc1NC(=O)c1ccc(NC2CC2)nc1. The number of carbonyl (C=O) groups excluding carboxylic acids is 2. The van der Waals surface area contributed by atoms with Crippen LogP contribution >= 0.6 is 0 Å². The van der Waals surface area contributed by atoms with Crippen LogP contribution < -0.4 is 10.6 Å². The normalized spacial score (nSPS) is 16.5. The van der Waals surface area contributed by atoms with Gasteiger partial charge < -0.3 is 20.3 Å². The first-order valence-electron chi connectivity index (χ1n) is 9.62. The van der Waals surface area contributed by atoms with E-state index < -0.39 is 0 Å². The lowest BCUT2D eigenvalue weighted by Crippen LogP contribution is -2.40. The predicted molar refractivity (Wildman–Crippen MR) is 107 cm³/mol. The van der Waals surface area contributed by atoms with E-state index >= 15 is 0 Å². The standard InChI is InChI=1S/C21H24N4O3/c1-14-2-3-15(21(27)25-8-10-28-11-9-25)12-18(14)24-20(26)16-4-7-19(22-13-16)23-17-5-6-17/h2-4,7,12-13,17H,5-6,8-11H2,1H3,(H,22,23)(H,24,26). The summed E-state index contributed by atoms with van der Waals surface area (Å²) in [6.45, 7) is 4.18. The van der Waals surface area contributed by atoms with Gasteiger partial charge >= 0.3 is 0 Å². The molecule has 0 spiro atoms. The molecule has 1 aromatic carbocycles. The molecule has 2 N–H and O–H groups in total. The largest absolute Gasteiger partial charge is 0.378 e. The maximum Gasteiger partial charge on any atom is 0.257 e. The molecule has 146 valence electrons. The van der Waals surface area contributed by atoms with E-state index in [1.807, 2.05) is 19.1 Å². The van der Waals surface area contributed by atoms with E-state index in [0.717, 1.165) is 11.4 Å². The molecule has 7 heteroatoms. The van der Waals surface area contributed by atoms with E-state index in [0.29, 0.717) is 49.2 Å². The predicted octanol–water partition coefficient (Wildman–Crippen LogP) is 2.69. The lowest BCUT2D eigenvalue weighted by molar-refractivity contribution is 0.0303. The van der Waals surface area contributed by atoms with Gasteiger partial charge in [0.05, 0.1) is 18.8 Å². The van der Waals surface area contributed by atoms with Gasteiger partial charge in [-0.25, -0.2) is 4.98 Å². The zero-order chi connectivity index (χ0) is 19.5. The minimum atomic E-state index is -0.246. The zero-order valence-electron chi connectivity index (χ0n) is 15.9. The van der Waals surface area contributed by atoms with Gasteiger partial charge in [-0.3, -0.25) is 9.59 Å². The first kappa shape index (κ1) is 18.4. The van der Waals surface area contributed by atoms with Gasteiger partial charge in [-0.15, -0.1) is 0 Å². The number of rotatable bonds is 5. The van der Waals surface area contributed by atoms with Crippen molar-refractivity contribution in [2.75, 3.05) is 36.9 Å². The molecular formula is C21H24N4O3. The second kappa shape index (κ2) is 7.98. The Labute approximate surface area is 164 Å². The molecule has 1 saturated carbocycles. The fourth-order valence-corrected chi connectivity index (χ4v) is 3.08. The highest BCUT2D eigenvalue weighted by Gasteiger charge is 2.22. The Kier molecular flexibility index (Phi) is 5.25. The minimum absolute atomic E-state index is 0.0454. The summed E-state index contributed by atoms with van der Waals surface area (Å²) in [5, 5.41) is 6.20. The molecule has 0 unspecified atom stereocenters. The number of morpholine rings is 1. The van der Waals surface area contributed by atoms with Crippen molar-refractivity contribution in [1.29, 1.82) is 0 Å². The van der Waals surface area contributed by atoms with Crippen molar-refractivity contribution >= 4 is 23.3 Å². The number of ether oxygens (including phenoxy) is 1. The van der Waals surface area contributed by atoms with Crippen molar-refractivity contribution in [2.24, 2.45) is 0 Å². The number of nitrogens with one attached hydrogen (secondary N) is 2. The van der Waals surface area contributed by atoms with E-state index in [4.69, 9.17) is 4.74 Å². The molecule has 2 heterocycles. The lowest BCUT2D eigenvalue weighted by Gasteiger charge is -2.27. The van der Waals surface area contributed by atoms with Gasteiger partial charge in [-0.1, -0.05) is 6.07 Å². The highest BCUT2D eigenvalue weighted by atomic mass is 16.5. The summed E-state index contributed by atoms with van der Waals surface area (Å²) in [6.07, 6.45) is 3.91. The molecule has 2 aromatic rings. The highest BCUT2D eigenvalue weighted by molar-refractivity contribution is 6.05. The molecule has 0 bridgehead atoms. The van der Waals surface area contributed by atoms with Gasteiger partial charge in [0.15, 0.2) is 0 Å². The molecule has 7 nitrogen and oxygen atoms in total. The van der Waals surface area contributed by atoms with Crippen LogP contribution in [0.15, 0.2) is 36.5 Å². The summed E-state index contributed by atoms with van der Waals surface area (Å²) in [7, 11) is 0. The highest BCUT2D eigenvalue weighted by Crippen LogP contribution is 2.24. The molecule has 28 heavy (non-hydrogen) atoms. The maximum atomic E-state index is 12.7. The molecule has 1 aliphatic heterocycles. The van der Waals surface area contributed by atoms with Crippen LogP contribution in [0.2, 0.25) is 0 Å². The Balaban J connectivity index is 1.45. The van der Waals surface area contributed by atoms with Crippen molar-refractivity contribution in [3.8, 4) is 0 Å². The fourth-order valence-electron chi connectivity index (χ4n) is 3.08. The van der Waals surface area contributed by atoms with Gasteiger partial charge in [-0.05, 0) is 49.6 Å². The Bertz CT molecular complexity index is 872. The average Bonchev–Trinajstić information content (AvgIpc) is 3.54. The van der Waals surface area contributed by atoms with Crippen molar-refractivity contribution in [2.45, 2.75) is 25.8 Å². The van der Waals surface area contributed by atoms with Crippen LogP contribution in [0.5, 0.6) is 0 Å². The molecule has 1 aromatic heterocycles. The minimum Gasteiger partial charge on any atom is -0.378 e. The van der Waals surface area contributed by atoms with E-state index in [1.54, 1.807) is 29.3 Å². The number of carbonyl (C=O) groups is 2. The first-order chi connectivity index (χ1) is 13.6. The number of nitrogens with zero attached hydrogens (tertiary/aromatic N) is 2. The lowest BCUT2D eigenvalue weighted by atomic mass is 10.1. The maximum absolute atomic E-state index is 12.7. The van der Waals surface area contributed by atoms with Gasteiger partial charge in [0.25, 0.3) is 11.8 Å². The van der Waals surface area contributed by atoms with Crippen LogP contribution in [0.3, 0.4) is 0 Å². The summed E-state index contributed by atoms with van der Waals surface area (Å²) < 4.78 is 5.30. The van der Waals surface area contributed by atoms with Crippen LogP contribution in [0.4, 0.5) is 11.5 Å². The first-order valence-corrected chi connectivity index (χ1v) is 9.62. The molecule has 2 fully saturated rings. The third-order valence-corrected chi connectivity index (χ3v) is 4.99. The molecule has 1 aliphatic carbocycles. The second-order valence-electron chi connectivity index (χ2n) is 7.24. The van der Waals surface area contributed by atoms with Crippen molar-refractivity contribution < 1.29 is 14.3 Å². The number of hydrogen-bond acceptors (Lipinski definition) is 5. The summed E-state index contributed by atoms with van der Waals surface area (Å²) in [5.41, 5.74) is 2.56. The summed E-state index contributed by atoms with van der Waals surface area (Å²) in [6, 6.07) is 9.47. The van der Waals surface area contributed by atoms with E-state index in [2.05, 4.69) is 15.6 Å². The molecule has 0 radical (unpaired) electrons. The molecule has 0 atom stereocenters. The van der Waals surface area contributed by atoms with Gasteiger partial charge in [0.1, 0.15) is 5.82 Å². The van der Waals surface area contributed by atoms with Crippen LogP contribution in [0, 0.1) is 6.92 Å².